The van der Waals surface area contributed by atoms with Gasteiger partial charge in [-0.1, -0.05) is 107 Å². The standard InChI is InChI=1S/2C16H36N.6NO3.Th/c2*1-5-9-13-17(14-10-6-2,15-11-7-3)16-12-8-4;6*2-1(3)4;/h2*5-16H2,1-4H3;;;;;;;/q2*+1;6*-1;+4. The number of quaternary nitrogens is 2. The molecule has 0 amide bonds. The molecule has 0 N–H and O–H groups in total. The Morgan fingerprint density at radius 2 is 0.322 bits per heavy atom. The van der Waals surface area contributed by atoms with Gasteiger partial charge in [-0.3, -0.25) is 0 Å². The van der Waals surface area contributed by atoms with Crippen LogP contribution in [0.25, 0.3) is 0 Å². The maximum absolute atomic E-state index is 8.25. The summed E-state index contributed by atoms with van der Waals surface area (Å²) in [5, 5.41) is 88.5. The Balaban J connectivity index is -0.0000000778. The van der Waals surface area contributed by atoms with Crippen molar-refractivity contribution in [1.82, 2.24) is 0 Å². The second-order valence-electron chi connectivity index (χ2n) is 12.6. The van der Waals surface area contributed by atoms with Gasteiger partial charge in [0.1, 0.15) is 0 Å². The van der Waals surface area contributed by atoms with Gasteiger partial charge in [-0.2, -0.15) is 0 Å². The fourth-order valence-electron chi connectivity index (χ4n) is 5.29. The van der Waals surface area contributed by atoms with Crippen molar-refractivity contribution in [3.05, 3.63) is 91.9 Å². The van der Waals surface area contributed by atoms with E-state index in [0.29, 0.717) is 0 Å². The Bertz CT molecular complexity index is 720. The van der Waals surface area contributed by atoms with Gasteiger partial charge in [-0.25, -0.2) is 0 Å². The Hall–Kier alpha value is -3.56. The van der Waals surface area contributed by atoms with Crippen molar-refractivity contribution in [1.29, 1.82) is 0 Å². The zero-order valence-electron chi connectivity index (χ0n) is 36.4. The van der Waals surface area contributed by atoms with Gasteiger partial charge in [0, 0.05) is 0 Å². The van der Waals surface area contributed by atoms with Gasteiger partial charge in [0.15, 0.2) is 0 Å². The maximum atomic E-state index is 8.25. The van der Waals surface area contributed by atoms with Crippen LogP contribution in [0.5, 0.6) is 0 Å². The summed E-state index contributed by atoms with van der Waals surface area (Å²) in [6.07, 6.45) is 22.1. The summed E-state index contributed by atoms with van der Waals surface area (Å²) < 4.78 is 2.84. The normalized spacial score (nSPS) is 9.36. The summed E-state index contributed by atoms with van der Waals surface area (Å²) >= 11 is 0. The number of nitrogens with zero attached hydrogens (tertiary/aromatic N) is 8. The third-order valence-corrected chi connectivity index (χ3v) is 7.89. The summed E-state index contributed by atoms with van der Waals surface area (Å²) in [4.78, 5) is 49.5. The van der Waals surface area contributed by atoms with E-state index in [1.54, 1.807) is 0 Å². The Labute approximate surface area is 380 Å². The topological polar surface area (TPSA) is 397 Å². The molecule has 0 aromatic rings. The Morgan fingerprint density at radius 3 is 0.373 bits per heavy atom. The van der Waals surface area contributed by atoms with E-state index in [0.717, 1.165) is 0 Å². The van der Waals surface area contributed by atoms with Gasteiger partial charge < -0.3 is 101 Å². The van der Waals surface area contributed by atoms with Gasteiger partial charge in [0.05, 0.1) is 82.9 Å². The molecule has 0 aromatic carbocycles. The molecule has 0 atom stereocenters. The predicted octanol–water partition coefficient (Wildman–Crippen LogP) is 8.57. The van der Waals surface area contributed by atoms with Gasteiger partial charge >= 0.3 is 39.9 Å². The van der Waals surface area contributed by atoms with Gasteiger partial charge in [-0.05, 0) is 51.4 Å². The number of rotatable bonds is 24. The molecule has 0 saturated carbocycles. The summed E-state index contributed by atoms with van der Waals surface area (Å²) in [7, 11) is 0. The van der Waals surface area contributed by atoms with Crippen LogP contribution in [-0.4, -0.2) is 91.8 Å². The first-order valence-corrected chi connectivity index (χ1v) is 19.5. The van der Waals surface area contributed by atoms with Crippen molar-refractivity contribution < 1.29 is 79.4 Å². The van der Waals surface area contributed by atoms with E-state index in [1.165, 1.54) is 164 Å². The van der Waals surface area contributed by atoms with Gasteiger partial charge in [0.25, 0.3) is 0 Å². The van der Waals surface area contributed by atoms with Crippen LogP contribution in [0.4, 0.5) is 0 Å². The van der Waals surface area contributed by atoms with E-state index in [1.807, 2.05) is 0 Å². The molecule has 0 aliphatic heterocycles. The molecule has 27 heteroatoms. The molecule has 26 nitrogen and oxygen atoms in total. The van der Waals surface area contributed by atoms with E-state index in [9.17, 15) is 0 Å². The zero-order chi connectivity index (χ0) is 47.4. The van der Waals surface area contributed by atoms with Crippen LogP contribution >= 0.6 is 0 Å². The largest absolute Gasteiger partial charge is 4.00 e. The summed E-state index contributed by atoms with van der Waals surface area (Å²) in [5.74, 6) is 0. The van der Waals surface area contributed by atoms with E-state index in [-0.39, 0.29) is 39.9 Å². The van der Waals surface area contributed by atoms with Crippen LogP contribution in [0.1, 0.15) is 158 Å². The molecule has 0 fully saturated rings. The average Bonchev–Trinajstić information content (AvgIpc) is 3.09. The monoisotopic (exact) mass is 1090 g/mol. The van der Waals surface area contributed by atoms with E-state index < -0.39 is 30.5 Å². The van der Waals surface area contributed by atoms with Crippen molar-refractivity contribution in [2.45, 2.75) is 158 Å². The molecule has 352 valence electrons. The fourth-order valence-corrected chi connectivity index (χ4v) is 5.29. The second kappa shape index (κ2) is 61.1. The van der Waals surface area contributed by atoms with Gasteiger partial charge in [0.2, 0.25) is 0 Å². The molecule has 0 saturated heterocycles. The smallest absolute Gasteiger partial charge is 0.356 e. The molecule has 0 rings (SSSR count). The molecule has 0 spiro atoms. The predicted molar refractivity (Wildman–Crippen MR) is 221 cm³/mol. The maximum Gasteiger partial charge on any atom is 4.00 e. The summed E-state index contributed by atoms with van der Waals surface area (Å²) in [5.41, 5.74) is 0. The molecule has 0 aliphatic carbocycles. The molecule has 0 radical (unpaired) electrons. The Kier molecular flexibility index (Phi) is 78.9. The third kappa shape index (κ3) is 113. The number of unbranched alkanes of at least 4 members (excludes halogenated alkanes) is 8. The average molecular weight is 1090 g/mol. The first kappa shape index (κ1) is 76.2. The first-order chi connectivity index (χ1) is 26.9. The molecule has 0 heterocycles. The fraction of sp³-hybridized carbons (Fsp3) is 1.00. The molecular weight excluding hydrogens is 1020 g/mol. The van der Waals surface area contributed by atoms with Crippen molar-refractivity contribution in [2.24, 2.45) is 0 Å². The molecular formula is C32H72N8O18Th. The van der Waals surface area contributed by atoms with Crippen LogP contribution in [0.2, 0.25) is 0 Å². The summed E-state index contributed by atoms with van der Waals surface area (Å²) in [6.45, 7) is 30.0. The van der Waals surface area contributed by atoms with Crippen LogP contribution in [0.15, 0.2) is 0 Å². The van der Waals surface area contributed by atoms with E-state index in [2.05, 4.69) is 55.4 Å². The molecule has 0 aliphatic rings. The Morgan fingerprint density at radius 1 is 0.254 bits per heavy atom. The van der Waals surface area contributed by atoms with E-state index >= 15 is 0 Å². The van der Waals surface area contributed by atoms with Crippen molar-refractivity contribution in [3.63, 3.8) is 0 Å². The summed E-state index contributed by atoms with van der Waals surface area (Å²) in [6, 6.07) is 0. The third-order valence-electron chi connectivity index (χ3n) is 7.89. The minimum absolute atomic E-state index is 0. The zero-order valence-corrected chi connectivity index (χ0v) is 40.5. The molecule has 0 unspecified atom stereocenters. The van der Waals surface area contributed by atoms with E-state index in [4.69, 9.17) is 91.9 Å². The first-order valence-electron chi connectivity index (χ1n) is 19.5. The number of hydrogen-bond acceptors (Lipinski definition) is 18. The minimum atomic E-state index is -1.75. The number of hydrogen-bond donors (Lipinski definition) is 0. The van der Waals surface area contributed by atoms with Crippen LogP contribution < -0.4 is 0 Å². The molecule has 0 bridgehead atoms. The second-order valence-corrected chi connectivity index (χ2v) is 12.6. The van der Waals surface area contributed by atoms with Crippen LogP contribution in [0.3, 0.4) is 0 Å². The van der Waals surface area contributed by atoms with Gasteiger partial charge in [-0.15, -0.1) is 0 Å². The SMILES string of the molecule is CCCC[N+](CCCC)(CCCC)CCCC.CCCC[N+](CCCC)(CCCC)CCCC.O=[N+]([O-])[O-].O=[N+]([O-])[O-].O=[N+]([O-])[O-].O=[N+]([O-])[O-].O=[N+]([O-])[O-].O=[N+]([O-])[O-].[Th+4]. The van der Waals surface area contributed by atoms with Crippen molar-refractivity contribution in [3.8, 4) is 0 Å². The van der Waals surface area contributed by atoms with Crippen molar-refractivity contribution >= 4 is 0 Å². The quantitative estimate of drug-likeness (QED) is 0.0496. The van der Waals surface area contributed by atoms with Crippen molar-refractivity contribution in [2.75, 3.05) is 52.4 Å². The molecule has 0 aromatic heterocycles. The van der Waals surface area contributed by atoms with Crippen LogP contribution in [-0.2, 0) is 0 Å². The molecule has 59 heavy (non-hydrogen) atoms. The minimum Gasteiger partial charge on any atom is -0.356 e. The van der Waals surface area contributed by atoms with Crippen LogP contribution in [0, 0.1) is 132 Å².